The SMILES string of the molecule is O=C1SC(CN2CCC(Cc3cc(F)ccc3Br)CC2)CN1C1CCCCC1. The van der Waals surface area contributed by atoms with E-state index in [0.717, 1.165) is 55.5 Å². The summed E-state index contributed by atoms with van der Waals surface area (Å²) in [6.07, 6.45) is 9.52. The van der Waals surface area contributed by atoms with Crippen molar-refractivity contribution in [1.82, 2.24) is 9.80 Å². The van der Waals surface area contributed by atoms with Crippen molar-refractivity contribution in [2.75, 3.05) is 26.2 Å². The maximum atomic E-state index is 13.5. The first-order chi connectivity index (χ1) is 13.6. The van der Waals surface area contributed by atoms with E-state index in [9.17, 15) is 9.18 Å². The Morgan fingerprint density at radius 1 is 1.11 bits per heavy atom. The van der Waals surface area contributed by atoms with Gasteiger partial charge in [0.25, 0.3) is 5.24 Å². The lowest BCUT2D eigenvalue weighted by molar-refractivity contribution is 0.164. The van der Waals surface area contributed by atoms with Crippen molar-refractivity contribution in [3.63, 3.8) is 0 Å². The van der Waals surface area contributed by atoms with Crippen molar-refractivity contribution in [3.05, 3.63) is 34.1 Å². The summed E-state index contributed by atoms with van der Waals surface area (Å²) >= 11 is 5.12. The number of carbonyl (C=O) groups excluding carboxylic acids is 1. The Balaban J connectivity index is 1.23. The normalized spacial score (nSPS) is 25.6. The minimum Gasteiger partial charge on any atom is -0.329 e. The molecule has 2 aliphatic heterocycles. The van der Waals surface area contributed by atoms with Crippen molar-refractivity contribution < 1.29 is 9.18 Å². The molecule has 0 aromatic heterocycles. The summed E-state index contributed by atoms with van der Waals surface area (Å²) in [6.45, 7) is 4.14. The van der Waals surface area contributed by atoms with Crippen molar-refractivity contribution in [3.8, 4) is 0 Å². The average molecular weight is 469 g/mol. The fraction of sp³-hybridized carbons (Fsp3) is 0.682. The molecule has 0 spiro atoms. The number of piperidine rings is 1. The van der Waals surface area contributed by atoms with E-state index in [1.54, 1.807) is 17.8 Å². The van der Waals surface area contributed by atoms with Gasteiger partial charge in [-0.1, -0.05) is 47.0 Å². The highest BCUT2D eigenvalue weighted by molar-refractivity contribution is 9.10. The minimum atomic E-state index is -0.152. The molecule has 4 rings (SSSR count). The minimum absolute atomic E-state index is 0.152. The van der Waals surface area contributed by atoms with Gasteiger partial charge < -0.3 is 9.80 Å². The van der Waals surface area contributed by atoms with Crippen LogP contribution in [0.3, 0.4) is 0 Å². The van der Waals surface area contributed by atoms with Gasteiger partial charge in [-0.05, 0) is 74.9 Å². The van der Waals surface area contributed by atoms with Crippen LogP contribution in [-0.2, 0) is 6.42 Å². The third-order valence-electron chi connectivity index (χ3n) is 6.60. The Morgan fingerprint density at radius 2 is 1.86 bits per heavy atom. The number of hydrogen-bond donors (Lipinski definition) is 0. The lowest BCUT2D eigenvalue weighted by Gasteiger charge is -2.34. The Hall–Kier alpha value is -0.590. The second-order valence-corrected chi connectivity index (χ2v) is 10.7. The van der Waals surface area contributed by atoms with E-state index in [-0.39, 0.29) is 5.82 Å². The lowest BCUT2D eigenvalue weighted by atomic mass is 9.90. The van der Waals surface area contributed by atoms with Crippen LogP contribution in [0.4, 0.5) is 9.18 Å². The van der Waals surface area contributed by atoms with Gasteiger partial charge in [0.2, 0.25) is 0 Å². The fourth-order valence-electron chi connectivity index (χ4n) is 5.00. The third kappa shape index (κ3) is 5.11. The van der Waals surface area contributed by atoms with E-state index < -0.39 is 0 Å². The number of carbonyl (C=O) groups is 1. The van der Waals surface area contributed by atoms with E-state index in [1.807, 2.05) is 6.07 Å². The maximum absolute atomic E-state index is 13.5. The summed E-state index contributed by atoms with van der Waals surface area (Å²) < 4.78 is 14.5. The molecule has 1 aliphatic carbocycles. The van der Waals surface area contributed by atoms with E-state index in [2.05, 4.69) is 25.7 Å². The van der Waals surface area contributed by atoms with Crippen LogP contribution >= 0.6 is 27.7 Å². The van der Waals surface area contributed by atoms with Crippen LogP contribution < -0.4 is 0 Å². The van der Waals surface area contributed by atoms with Crippen molar-refractivity contribution in [1.29, 1.82) is 0 Å². The molecule has 0 bridgehead atoms. The lowest BCUT2D eigenvalue weighted by Crippen LogP contribution is -2.41. The van der Waals surface area contributed by atoms with E-state index in [0.29, 0.717) is 22.4 Å². The molecule has 0 N–H and O–H groups in total. The monoisotopic (exact) mass is 468 g/mol. The fourth-order valence-corrected chi connectivity index (χ4v) is 6.57. The highest BCUT2D eigenvalue weighted by Gasteiger charge is 2.36. The van der Waals surface area contributed by atoms with Crippen molar-refractivity contribution >= 4 is 32.9 Å². The first kappa shape index (κ1) is 20.7. The van der Waals surface area contributed by atoms with Crippen molar-refractivity contribution in [2.45, 2.75) is 62.7 Å². The summed E-state index contributed by atoms with van der Waals surface area (Å²) in [5, 5.41) is 0.728. The number of nitrogens with zero attached hydrogens (tertiary/aromatic N) is 2. The molecule has 2 heterocycles. The highest BCUT2D eigenvalue weighted by atomic mass is 79.9. The Kier molecular flexibility index (Phi) is 7.00. The van der Waals surface area contributed by atoms with Gasteiger partial charge in [-0.3, -0.25) is 4.79 Å². The van der Waals surface area contributed by atoms with Gasteiger partial charge >= 0.3 is 0 Å². The predicted octanol–water partition coefficient (Wildman–Crippen LogP) is 5.71. The molecule has 3 aliphatic rings. The average Bonchev–Trinajstić information content (AvgIpc) is 3.07. The van der Waals surface area contributed by atoms with Crippen LogP contribution in [0.5, 0.6) is 0 Å². The number of halogens is 2. The molecule has 154 valence electrons. The smallest absolute Gasteiger partial charge is 0.282 e. The molecule has 3 fully saturated rings. The largest absolute Gasteiger partial charge is 0.329 e. The van der Waals surface area contributed by atoms with E-state index in [4.69, 9.17) is 0 Å². The van der Waals surface area contributed by atoms with Crippen LogP contribution in [0.1, 0.15) is 50.5 Å². The van der Waals surface area contributed by atoms with Crippen LogP contribution in [0.15, 0.2) is 22.7 Å². The molecular formula is C22H30BrFN2OS. The molecule has 3 nitrogen and oxygen atoms in total. The molecule has 0 radical (unpaired) electrons. The first-order valence-corrected chi connectivity index (χ1v) is 12.4. The number of likely N-dealkylation sites (tertiary alicyclic amines) is 1. The zero-order valence-electron chi connectivity index (χ0n) is 16.4. The standard InChI is InChI=1S/C22H30BrFN2OS/c23-21-7-6-18(24)13-17(21)12-16-8-10-25(11-9-16)14-20-15-26(22(27)28-20)19-4-2-1-3-5-19/h6-7,13,16,19-20H,1-5,8-12,14-15H2. The predicted molar refractivity (Wildman–Crippen MR) is 117 cm³/mol. The van der Waals surface area contributed by atoms with E-state index >= 15 is 0 Å². The third-order valence-corrected chi connectivity index (χ3v) is 8.44. The molecule has 1 atom stereocenters. The van der Waals surface area contributed by atoms with Gasteiger partial charge in [0.05, 0.1) is 0 Å². The molecule has 1 unspecified atom stereocenters. The molecule has 1 aromatic rings. The van der Waals surface area contributed by atoms with Gasteiger partial charge in [0.15, 0.2) is 0 Å². The Labute approximate surface area is 180 Å². The Morgan fingerprint density at radius 3 is 2.61 bits per heavy atom. The molecule has 1 saturated carbocycles. The van der Waals surface area contributed by atoms with Crippen molar-refractivity contribution in [2.24, 2.45) is 5.92 Å². The summed E-state index contributed by atoms with van der Waals surface area (Å²) in [4.78, 5) is 17.2. The van der Waals surface area contributed by atoms with Crippen LogP contribution in [0.2, 0.25) is 0 Å². The van der Waals surface area contributed by atoms with E-state index in [1.165, 1.54) is 38.2 Å². The van der Waals surface area contributed by atoms with Crippen LogP contribution in [-0.4, -0.2) is 52.5 Å². The topological polar surface area (TPSA) is 23.6 Å². The zero-order chi connectivity index (χ0) is 19.5. The maximum Gasteiger partial charge on any atom is 0.282 e. The molecule has 1 amide bonds. The molecule has 2 saturated heterocycles. The van der Waals surface area contributed by atoms with Crippen LogP contribution in [0.25, 0.3) is 0 Å². The number of amides is 1. The number of thioether (sulfide) groups is 1. The second-order valence-electron chi connectivity index (χ2n) is 8.63. The quantitative estimate of drug-likeness (QED) is 0.552. The summed E-state index contributed by atoms with van der Waals surface area (Å²) in [5.74, 6) is 0.465. The summed E-state index contributed by atoms with van der Waals surface area (Å²) in [5.41, 5.74) is 1.08. The van der Waals surface area contributed by atoms with Gasteiger partial charge in [0.1, 0.15) is 5.82 Å². The summed E-state index contributed by atoms with van der Waals surface area (Å²) in [6, 6.07) is 5.48. The first-order valence-electron chi connectivity index (χ1n) is 10.7. The van der Waals surface area contributed by atoms with Gasteiger partial charge in [-0.2, -0.15) is 0 Å². The van der Waals surface area contributed by atoms with Gasteiger partial charge in [-0.25, -0.2) is 4.39 Å². The Bertz CT molecular complexity index is 689. The van der Waals surface area contributed by atoms with Crippen LogP contribution in [0, 0.1) is 11.7 Å². The molecule has 28 heavy (non-hydrogen) atoms. The summed E-state index contributed by atoms with van der Waals surface area (Å²) in [7, 11) is 0. The molecule has 6 heteroatoms. The number of rotatable bonds is 5. The molecule has 1 aromatic carbocycles. The number of hydrogen-bond acceptors (Lipinski definition) is 3. The number of benzene rings is 1. The van der Waals surface area contributed by atoms with Gasteiger partial charge in [0, 0.05) is 28.9 Å². The zero-order valence-corrected chi connectivity index (χ0v) is 18.8. The second kappa shape index (κ2) is 9.48. The molecular weight excluding hydrogens is 439 g/mol. The highest BCUT2D eigenvalue weighted by Crippen LogP contribution is 2.34. The van der Waals surface area contributed by atoms with Gasteiger partial charge in [-0.15, -0.1) is 0 Å².